The summed E-state index contributed by atoms with van der Waals surface area (Å²) in [6.45, 7) is 9.32. The molecule has 1 aromatic rings. The van der Waals surface area contributed by atoms with E-state index < -0.39 is 0 Å². The summed E-state index contributed by atoms with van der Waals surface area (Å²) in [7, 11) is 0. The maximum atomic E-state index is 12.1. The van der Waals surface area contributed by atoms with Gasteiger partial charge in [-0.1, -0.05) is 19.1 Å². The van der Waals surface area contributed by atoms with Gasteiger partial charge in [0.25, 0.3) is 5.91 Å². The van der Waals surface area contributed by atoms with Gasteiger partial charge in [-0.2, -0.15) is 0 Å². The Hall–Kier alpha value is -1.49. The van der Waals surface area contributed by atoms with E-state index in [1.54, 1.807) is 0 Å². The lowest BCUT2D eigenvalue weighted by molar-refractivity contribution is 0.0958. The molecule has 1 saturated carbocycles. The van der Waals surface area contributed by atoms with Crippen LogP contribution in [0.3, 0.4) is 0 Å². The average molecular weight is 293 g/mol. The molecule has 1 heterocycles. The molecule has 5 heteroatoms. The summed E-state index contributed by atoms with van der Waals surface area (Å²) in [6.07, 6.45) is 3.25. The molecule has 1 aliphatic rings. The van der Waals surface area contributed by atoms with Crippen molar-refractivity contribution in [1.82, 2.24) is 5.32 Å². The number of thiophene rings is 1. The monoisotopic (exact) mass is 293 g/mol. The number of hydrogen-bond acceptors (Lipinski definition) is 4. The molecule has 1 amide bonds. The second-order valence-electron chi connectivity index (χ2n) is 5.43. The van der Waals surface area contributed by atoms with Crippen molar-refractivity contribution in [2.75, 3.05) is 24.1 Å². The number of nitrogens with two attached hydrogens (primary N) is 1. The molecule has 0 atom stereocenters. The van der Waals surface area contributed by atoms with Crippen LogP contribution in [0, 0.1) is 0 Å². The molecule has 1 fully saturated rings. The van der Waals surface area contributed by atoms with Gasteiger partial charge in [-0.15, -0.1) is 11.3 Å². The molecule has 20 heavy (non-hydrogen) atoms. The lowest BCUT2D eigenvalue weighted by Crippen LogP contribution is -2.23. The van der Waals surface area contributed by atoms with Crippen molar-refractivity contribution >= 4 is 27.9 Å². The lowest BCUT2D eigenvalue weighted by Gasteiger charge is -2.06. The van der Waals surface area contributed by atoms with Gasteiger partial charge in [0.2, 0.25) is 0 Å². The minimum atomic E-state index is -0.0559. The fourth-order valence-electron chi connectivity index (χ4n) is 2.08. The quantitative estimate of drug-likeness (QED) is 0.675. The Bertz CT molecular complexity index is 517. The molecule has 0 bridgehead atoms. The van der Waals surface area contributed by atoms with E-state index in [9.17, 15) is 4.79 Å². The predicted molar refractivity (Wildman–Crippen MR) is 86.6 cm³/mol. The fraction of sp³-hybridized carbons (Fsp3) is 0.533. The number of anilines is 2. The zero-order chi connectivity index (χ0) is 14.7. The molecule has 0 aromatic carbocycles. The zero-order valence-electron chi connectivity index (χ0n) is 12.2. The Balaban J connectivity index is 2.22. The lowest BCUT2D eigenvalue weighted by atomic mass is 10.1. The van der Waals surface area contributed by atoms with Crippen molar-refractivity contribution in [2.45, 2.75) is 39.0 Å². The van der Waals surface area contributed by atoms with Crippen molar-refractivity contribution in [2.24, 2.45) is 0 Å². The second-order valence-corrected chi connectivity index (χ2v) is 6.45. The van der Waals surface area contributed by atoms with E-state index in [1.165, 1.54) is 24.2 Å². The van der Waals surface area contributed by atoms with Gasteiger partial charge >= 0.3 is 0 Å². The molecule has 1 aromatic heterocycles. The van der Waals surface area contributed by atoms with Crippen LogP contribution in [0.25, 0.3) is 0 Å². The molecule has 0 spiro atoms. The van der Waals surface area contributed by atoms with Gasteiger partial charge < -0.3 is 16.4 Å². The summed E-state index contributed by atoms with van der Waals surface area (Å²) in [5.41, 5.74) is 9.08. The second kappa shape index (κ2) is 6.31. The summed E-state index contributed by atoms with van der Waals surface area (Å²) in [5, 5.41) is 7.30. The minimum Gasteiger partial charge on any atom is -0.397 e. The number of carbonyl (C=O) groups is 1. The van der Waals surface area contributed by atoms with Gasteiger partial charge in [0.1, 0.15) is 4.88 Å². The Labute approximate surface area is 124 Å². The Kier molecular flexibility index (Phi) is 4.70. The third-order valence-electron chi connectivity index (χ3n) is 3.26. The molecule has 0 unspecified atom stereocenters. The Morgan fingerprint density at radius 2 is 2.20 bits per heavy atom. The Morgan fingerprint density at radius 3 is 2.75 bits per heavy atom. The van der Waals surface area contributed by atoms with E-state index in [2.05, 4.69) is 17.2 Å². The molecular formula is C15H23N3OS. The number of nitrogen functional groups attached to an aromatic ring is 1. The van der Waals surface area contributed by atoms with Crippen LogP contribution in [0.15, 0.2) is 12.2 Å². The third kappa shape index (κ3) is 3.33. The van der Waals surface area contributed by atoms with E-state index >= 15 is 0 Å². The first-order valence-corrected chi connectivity index (χ1v) is 7.94. The summed E-state index contributed by atoms with van der Waals surface area (Å²) >= 11 is 1.47. The van der Waals surface area contributed by atoms with Gasteiger partial charge in [0.05, 0.1) is 10.7 Å². The molecule has 1 aliphatic carbocycles. The summed E-state index contributed by atoms with van der Waals surface area (Å²) in [6, 6.07) is 0. The number of rotatable bonds is 7. The van der Waals surface area contributed by atoms with Gasteiger partial charge in [0.15, 0.2) is 0 Å². The highest BCUT2D eigenvalue weighted by atomic mass is 32.1. The van der Waals surface area contributed by atoms with E-state index in [0.29, 0.717) is 23.0 Å². The van der Waals surface area contributed by atoms with E-state index in [1.807, 2.05) is 13.8 Å². The Morgan fingerprint density at radius 1 is 1.50 bits per heavy atom. The first-order chi connectivity index (χ1) is 9.54. The van der Waals surface area contributed by atoms with E-state index in [0.717, 1.165) is 29.1 Å². The normalized spacial score (nSPS) is 14.1. The van der Waals surface area contributed by atoms with Crippen LogP contribution in [0.1, 0.15) is 54.3 Å². The van der Waals surface area contributed by atoms with Crippen LogP contribution in [-0.2, 0) is 0 Å². The maximum Gasteiger partial charge on any atom is 0.263 e. The molecule has 4 N–H and O–H groups in total. The van der Waals surface area contributed by atoms with Gasteiger partial charge in [-0.25, -0.2) is 0 Å². The topological polar surface area (TPSA) is 67.2 Å². The summed E-state index contributed by atoms with van der Waals surface area (Å²) < 4.78 is 0. The van der Waals surface area contributed by atoms with Gasteiger partial charge in [-0.3, -0.25) is 4.79 Å². The van der Waals surface area contributed by atoms with Crippen LogP contribution >= 0.6 is 11.3 Å². The van der Waals surface area contributed by atoms with Crippen molar-refractivity contribution in [3.8, 4) is 0 Å². The predicted octanol–water partition coefficient (Wildman–Crippen LogP) is 3.34. The molecule has 0 saturated heterocycles. The first kappa shape index (κ1) is 14.9. The fourth-order valence-corrected chi connectivity index (χ4v) is 3.20. The number of hydrogen-bond donors (Lipinski definition) is 3. The van der Waals surface area contributed by atoms with Crippen LogP contribution in [0.4, 0.5) is 10.7 Å². The standard InChI is InChI=1S/C15H23N3OS/c1-4-7-17-14(19)13-12(16)11(10-5-6-10)15(20-13)18-8-9(2)3/h10,18H,2,4-8,16H2,1,3H3,(H,17,19). The highest BCUT2D eigenvalue weighted by Crippen LogP contribution is 2.50. The van der Waals surface area contributed by atoms with Crippen LogP contribution in [0.2, 0.25) is 0 Å². The van der Waals surface area contributed by atoms with E-state index in [-0.39, 0.29) is 5.91 Å². The van der Waals surface area contributed by atoms with Crippen molar-refractivity contribution in [3.63, 3.8) is 0 Å². The summed E-state index contributed by atoms with van der Waals surface area (Å²) in [4.78, 5) is 12.8. The number of nitrogens with one attached hydrogen (secondary N) is 2. The largest absolute Gasteiger partial charge is 0.397 e. The van der Waals surface area contributed by atoms with E-state index in [4.69, 9.17) is 5.73 Å². The van der Waals surface area contributed by atoms with Crippen LogP contribution in [0.5, 0.6) is 0 Å². The maximum absolute atomic E-state index is 12.1. The zero-order valence-corrected chi connectivity index (χ0v) is 13.0. The highest BCUT2D eigenvalue weighted by Gasteiger charge is 2.32. The molecular weight excluding hydrogens is 270 g/mol. The third-order valence-corrected chi connectivity index (χ3v) is 4.44. The van der Waals surface area contributed by atoms with Crippen molar-refractivity contribution < 1.29 is 4.79 Å². The molecule has 4 nitrogen and oxygen atoms in total. The van der Waals surface area contributed by atoms with Crippen molar-refractivity contribution in [1.29, 1.82) is 0 Å². The molecule has 0 radical (unpaired) electrons. The summed E-state index contributed by atoms with van der Waals surface area (Å²) in [5.74, 6) is 0.464. The van der Waals surface area contributed by atoms with Crippen molar-refractivity contribution in [3.05, 3.63) is 22.6 Å². The molecule has 2 rings (SSSR count). The molecule has 0 aliphatic heterocycles. The molecule has 110 valence electrons. The number of amides is 1. The van der Waals surface area contributed by atoms with Gasteiger partial charge in [-0.05, 0) is 32.1 Å². The first-order valence-electron chi connectivity index (χ1n) is 7.13. The minimum absolute atomic E-state index is 0.0559. The SMILES string of the molecule is C=C(C)CNc1sc(C(=O)NCCC)c(N)c1C1CC1. The smallest absolute Gasteiger partial charge is 0.263 e. The van der Waals surface area contributed by atoms with Gasteiger partial charge in [0, 0.05) is 18.7 Å². The van der Waals surface area contributed by atoms with Crippen LogP contribution < -0.4 is 16.4 Å². The average Bonchev–Trinajstić information content (AvgIpc) is 3.18. The van der Waals surface area contributed by atoms with Crippen LogP contribution in [-0.4, -0.2) is 19.0 Å². The highest BCUT2D eigenvalue weighted by molar-refractivity contribution is 7.18. The number of carbonyl (C=O) groups excluding carboxylic acids is 1.